The first-order valence-electron chi connectivity index (χ1n) is 9.39. The first-order chi connectivity index (χ1) is 14.6. The highest BCUT2D eigenvalue weighted by Gasteiger charge is 2.29. The van der Waals surface area contributed by atoms with E-state index in [0.29, 0.717) is 0 Å². The Kier molecular flexibility index (Phi) is 6.40. The van der Waals surface area contributed by atoms with Gasteiger partial charge in [0.1, 0.15) is 11.9 Å². The Hall–Kier alpha value is -3.27. The van der Waals surface area contributed by atoms with Crippen molar-refractivity contribution in [3.05, 3.63) is 77.9 Å². The van der Waals surface area contributed by atoms with E-state index in [-0.39, 0.29) is 12.2 Å². The lowest BCUT2D eigenvalue weighted by Crippen LogP contribution is -2.47. The van der Waals surface area contributed by atoms with Crippen molar-refractivity contribution in [2.24, 2.45) is 0 Å². The van der Waals surface area contributed by atoms with E-state index in [1.807, 2.05) is 42.0 Å². The summed E-state index contributed by atoms with van der Waals surface area (Å²) in [6.07, 6.45) is 4.44. The molecule has 0 fully saturated rings. The highest BCUT2D eigenvalue weighted by Crippen LogP contribution is 2.23. The van der Waals surface area contributed by atoms with E-state index in [4.69, 9.17) is 0 Å². The SMILES string of the molecule is Cc1nccn1-c1ccc(CNC(=O)C(C)N(c2ccc(F)c(F)c2)S(C)(=O)=O)cc1. The Morgan fingerprint density at radius 1 is 1.16 bits per heavy atom. The predicted octanol–water partition coefficient (Wildman–Crippen LogP) is 2.93. The smallest absolute Gasteiger partial charge is 0.243 e. The van der Waals surface area contributed by atoms with Gasteiger partial charge in [-0.05, 0) is 43.7 Å². The fourth-order valence-corrected chi connectivity index (χ4v) is 4.36. The molecule has 0 aliphatic carbocycles. The zero-order valence-corrected chi connectivity index (χ0v) is 18.0. The Balaban J connectivity index is 1.72. The Morgan fingerprint density at radius 3 is 2.39 bits per heavy atom. The second kappa shape index (κ2) is 8.84. The summed E-state index contributed by atoms with van der Waals surface area (Å²) in [5.41, 5.74) is 1.59. The van der Waals surface area contributed by atoms with Crippen LogP contribution in [0.5, 0.6) is 0 Å². The molecule has 0 aliphatic rings. The first kappa shape index (κ1) is 22.4. The second-order valence-corrected chi connectivity index (χ2v) is 8.92. The molecular formula is C21H22F2N4O3S. The molecule has 1 unspecified atom stereocenters. The van der Waals surface area contributed by atoms with Crippen molar-refractivity contribution in [1.29, 1.82) is 0 Å². The lowest BCUT2D eigenvalue weighted by molar-refractivity contribution is -0.122. The molecular weight excluding hydrogens is 426 g/mol. The van der Waals surface area contributed by atoms with Gasteiger partial charge in [-0.3, -0.25) is 9.10 Å². The minimum absolute atomic E-state index is 0.135. The number of aromatic nitrogens is 2. The molecule has 0 saturated heterocycles. The van der Waals surface area contributed by atoms with Gasteiger partial charge in [-0.15, -0.1) is 0 Å². The number of hydrogen-bond donors (Lipinski definition) is 1. The molecule has 0 spiro atoms. The first-order valence-corrected chi connectivity index (χ1v) is 11.2. The third-order valence-electron chi connectivity index (χ3n) is 4.75. The maximum absolute atomic E-state index is 13.6. The van der Waals surface area contributed by atoms with Crippen LogP contribution in [0.25, 0.3) is 5.69 Å². The molecule has 0 saturated carbocycles. The van der Waals surface area contributed by atoms with Crippen LogP contribution in [0.2, 0.25) is 0 Å². The third-order valence-corrected chi connectivity index (χ3v) is 5.99. The standard InChI is InChI=1S/C21H22F2N4O3S/c1-14(27(31(3,29)30)18-8-9-19(22)20(23)12-18)21(28)25-13-16-4-6-17(7-5-16)26-11-10-24-15(26)2/h4-12,14H,13H2,1-3H3,(H,25,28). The van der Waals surface area contributed by atoms with Crippen LogP contribution in [-0.2, 0) is 21.4 Å². The van der Waals surface area contributed by atoms with Crippen LogP contribution in [0.3, 0.4) is 0 Å². The van der Waals surface area contributed by atoms with Crippen LogP contribution in [-0.4, -0.2) is 36.2 Å². The number of nitrogens with zero attached hydrogens (tertiary/aromatic N) is 3. The third kappa shape index (κ3) is 5.08. The van der Waals surface area contributed by atoms with Crippen LogP contribution in [0, 0.1) is 18.6 Å². The van der Waals surface area contributed by atoms with E-state index in [1.54, 1.807) is 6.20 Å². The minimum atomic E-state index is -3.93. The quantitative estimate of drug-likeness (QED) is 0.602. The van der Waals surface area contributed by atoms with E-state index < -0.39 is 33.6 Å². The Morgan fingerprint density at radius 2 is 1.84 bits per heavy atom. The van der Waals surface area contributed by atoms with Gasteiger partial charge in [0.05, 0.1) is 11.9 Å². The van der Waals surface area contributed by atoms with Crippen LogP contribution >= 0.6 is 0 Å². The summed E-state index contributed by atoms with van der Waals surface area (Å²) >= 11 is 0. The maximum atomic E-state index is 13.6. The zero-order chi connectivity index (χ0) is 22.8. The lowest BCUT2D eigenvalue weighted by Gasteiger charge is -2.28. The number of halogens is 2. The van der Waals surface area contributed by atoms with E-state index in [1.165, 1.54) is 6.92 Å². The Labute approximate surface area is 179 Å². The molecule has 2 aromatic carbocycles. The maximum Gasteiger partial charge on any atom is 0.243 e. The normalized spacial score (nSPS) is 12.4. The van der Waals surface area contributed by atoms with Crippen LogP contribution in [0.1, 0.15) is 18.3 Å². The number of aryl methyl sites for hydroxylation is 1. The minimum Gasteiger partial charge on any atom is -0.350 e. The summed E-state index contributed by atoms with van der Waals surface area (Å²) in [5, 5.41) is 2.68. The van der Waals surface area contributed by atoms with Crippen molar-refractivity contribution in [3.8, 4) is 5.69 Å². The number of carbonyl (C=O) groups is 1. The summed E-state index contributed by atoms with van der Waals surface area (Å²) in [6.45, 7) is 3.43. The highest BCUT2D eigenvalue weighted by molar-refractivity contribution is 7.92. The molecule has 1 atom stereocenters. The molecule has 7 nitrogen and oxygen atoms in total. The topological polar surface area (TPSA) is 84.3 Å². The number of amides is 1. The fourth-order valence-electron chi connectivity index (χ4n) is 3.19. The lowest BCUT2D eigenvalue weighted by atomic mass is 10.2. The van der Waals surface area contributed by atoms with E-state index in [2.05, 4.69) is 10.3 Å². The van der Waals surface area contributed by atoms with Gasteiger partial charge in [-0.25, -0.2) is 22.2 Å². The number of benzene rings is 2. The molecule has 0 aliphatic heterocycles. The van der Waals surface area contributed by atoms with Crippen molar-refractivity contribution in [3.63, 3.8) is 0 Å². The van der Waals surface area contributed by atoms with Crippen molar-refractivity contribution < 1.29 is 22.0 Å². The van der Waals surface area contributed by atoms with Gasteiger partial charge < -0.3 is 9.88 Å². The molecule has 1 amide bonds. The van der Waals surface area contributed by atoms with Gasteiger partial charge in [0.25, 0.3) is 0 Å². The number of carbonyl (C=O) groups excluding carboxylic acids is 1. The monoisotopic (exact) mass is 448 g/mol. The van der Waals surface area contributed by atoms with E-state index in [9.17, 15) is 22.0 Å². The predicted molar refractivity (Wildman–Crippen MR) is 113 cm³/mol. The molecule has 1 heterocycles. The molecule has 0 bridgehead atoms. The highest BCUT2D eigenvalue weighted by atomic mass is 32.2. The van der Waals surface area contributed by atoms with Gasteiger partial charge in [-0.1, -0.05) is 12.1 Å². The van der Waals surface area contributed by atoms with Crippen molar-refractivity contribution in [1.82, 2.24) is 14.9 Å². The van der Waals surface area contributed by atoms with E-state index >= 15 is 0 Å². The molecule has 3 aromatic rings. The number of hydrogen-bond acceptors (Lipinski definition) is 4. The zero-order valence-electron chi connectivity index (χ0n) is 17.2. The van der Waals surface area contributed by atoms with Gasteiger partial charge in [0.2, 0.25) is 15.9 Å². The summed E-state index contributed by atoms with van der Waals surface area (Å²) in [7, 11) is -3.93. The molecule has 3 rings (SSSR count). The fraction of sp³-hybridized carbons (Fsp3) is 0.238. The van der Waals surface area contributed by atoms with Gasteiger partial charge in [-0.2, -0.15) is 0 Å². The average molecular weight is 448 g/mol. The number of rotatable bonds is 7. The molecule has 1 N–H and O–H groups in total. The molecule has 164 valence electrons. The van der Waals surface area contributed by atoms with Gasteiger partial charge in [0.15, 0.2) is 11.6 Å². The molecule has 1 aromatic heterocycles. The van der Waals surface area contributed by atoms with Crippen molar-refractivity contribution in [2.45, 2.75) is 26.4 Å². The second-order valence-electron chi connectivity index (χ2n) is 7.06. The van der Waals surface area contributed by atoms with E-state index in [0.717, 1.165) is 45.8 Å². The molecule has 0 radical (unpaired) electrons. The number of nitrogens with one attached hydrogen (secondary N) is 1. The van der Waals surface area contributed by atoms with Gasteiger partial charge in [0, 0.05) is 30.7 Å². The Bertz CT molecular complexity index is 1190. The van der Waals surface area contributed by atoms with Crippen molar-refractivity contribution in [2.75, 3.05) is 10.6 Å². The largest absolute Gasteiger partial charge is 0.350 e. The van der Waals surface area contributed by atoms with Crippen LogP contribution in [0.4, 0.5) is 14.5 Å². The number of anilines is 1. The summed E-state index contributed by atoms with van der Waals surface area (Å²) in [6, 6.07) is 8.93. The van der Waals surface area contributed by atoms with Gasteiger partial charge >= 0.3 is 0 Å². The van der Waals surface area contributed by atoms with Crippen LogP contribution in [0.15, 0.2) is 54.9 Å². The molecule has 10 heteroatoms. The number of sulfonamides is 1. The summed E-state index contributed by atoms with van der Waals surface area (Å²) < 4.78 is 54.0. The summed E-state index contributed by atoms with van der Waals surface area (Å²) in [5.74, 6) is -2.05. The summed E-state index contributed by atoms with van der Waals surface area (Å²) in [4.78, 5) is 16.8. The molecule has 31 heavy (non-hydrogen) atoms. The van der Waals surface area contributed by atoms with Crippen LogP contribution < -0.4 is 9.62 Å². The van der Waals surface area contributed by atoms with Crippen molar-refractivity contribution >= 4 is 21.6 Å². The average Bonchev–Trinajstić information content (AvgIpc) is 3.14. The number of imidazole rings is 1.